The summed E-state index contributed by atoms with van der Waals surface area (Å²) in [5.74, 6) is 0.0272. The lowest BCUT2D eigenvalue weighted by atomic mass is 10.2. The molecule has 2 rings (SSSR count). The van der Waals surface area contributed by atoms with Crippen LogP contribution < -0.4 is 5.73 Å². The van der Waals surface area contributed by atoms with Gasteiger partial charge < -0.3 is 10.5 Å². The maximum absolute atomic E-state index is 11.3. The number of Topliss-reactive ketones (excluding diaryl/α,β-unsaturated/α-hetero) is 1. The molecule has 0 bridgehead atoms. The highest BCUT2D eigenvalue weighted by molar-refractivity contribution is 7.14. The molecule has 3 nitrogen and oxygen atoms in total. The van der Waals surface area contributed by atoms with Crippen molar-refractivity contribution in [1.82, 2.24) is 0 Å². The number of rotatable bonds is 2. The molecule has 13 heavy (non-hydrogen) atoms. The van der Waals surface area contributed by atoms with Gasteiger partial charge in [0, 0.05) is 11.3 Å². The number of hydrogen-bond acceptors (Lipinski definition) is 4. The molecular formula is C9H11NO2S. The Morgan fingerprint density at radius 2 is 2.54 bits per heavy atom. The van der Waals surface area contributed by atoms with Crippen LogP contribution in [0.5, 0.6) is 0 Å². The molecule has 0 atom stereocenters. The summed E-state index contributed by atoms with van der Waals surface area (Å²) in [4.78, 5) is 13.3. The largest absolute Gasteiger partial charge is 0.376 e. The molecule has 0 saturated carbocycles. The Morgan fingerprint density at radius 1 is 1.69 bits per heavy atom. The van der Waals surface area contributed by atoms with Gasteiger partial charge in [-0.05, 0) is 11.6 Å². The predicted octanol–water partition coefficient (Wildman–Crippen LogP) is 0.962. The summed E-state index contributed by atoms with van der Waals surface area (Å²) in [7, 11) is 0. The SMILES string of the molecule is NCC(=O)c1cc2c(s1)CCOC2. The summed E-state index contributed by atoms with van der Waals surface area (Å²) in [5, 5.41) is 0. The standard InChI is InChI=1S/C9H11NO2S/c10-4-7(11)9-3-6-5-12-2-1-8(6)13-9/h3H,1-2,4-5,10H2. The van der Waals surface area contributed by atoms with E-state index in [-0.39, 0.29) is 12.3 Å². The second kappa shape index (κ2) is 3.57. The van der Waals surface area contributed by atoms with Crippen molar-refractivity contribution in [2.24, 2.45) is 5.73 Å². The van der Waals surface area contributed by atoms with Crippen molar-refractivity contribution >= 4 is 17.1 Å². The van der Waals surface area contributed by atoms with Gasteiger partial charge >= 0.3 is 0 Å². The molecule has 70 valence electrons. The quantitative estimate of drug-likeness (QED) is 0.718. The first kappa shape index (κ1) is 8.87. The molecule has 0 spiro atoms. The first-order valence-corrected chi connectivity index (χ1v) is 5.05. The van der Waals surface area contributed by atoms with Gasteiger partial charge in [0.25, 0.3) is 0 Å². The van der Waals surface area contributed by atoms with E-state index < -0.39 is 0 Å². The van der Waals surface area contributed by atoms with Gasteiger partial charge in [0.1, 0.15) is 0 Å². The minimum atomic E-state index is 0.0272. The highest BCUT2D eigenvalue weighted by Crippen LogP contribution is 2.26. The molecule has 1 aliphatic rings. The zero-order chi connectivity index (χ0) is 9.26. The van der Waals surface area contributed by atoms with E-state index in [1.54, 1.807) is 11.3 Å². The fraction of sp³-hybridized carbons (Fsp3) is 0.444. The maximum Gasteiger partial charge on any atom is 0.186 e. The summed E-state index contributed by atoms with van der Waals surface area (Å²) < 4.78 is 5.29. The maximum atomic E-state index is 11.3. The van der Waals surface area contributed by atoms with Crippen molar-refractivity contribution in [3.05, 3.63) is 21.4 Å². The lowest BCUT2D eigenvalue weighted by Gasteiger charge is -2.10. The molecule has 1 aromatic rings. The van der Waals surface area contributed by atoms with E-state index in [4.69, 9.17) is 10.5 Å². The highest BCUT2D eigenvalue weighted by atomic mass is 32.1. The Labute approximate surface area is 80.5 Å². The molecule has 0 aliphatic carbocycles. The monoisotopic (exact) mass is 197 g/mol. The summed E-state index contributed by atoms with van der Waals surface area (Å²) in [6, 6.07) is 1.91. The van der Waals surface area contributed by atoms with Crippen molar-refractivity contribution in [3.63, 3.8) is 0 Å². The van der Waals surface area contributed by atoms with E-state index >= 15 is 0 Å². The third-order valence-electron chi connectivity index (χ3n) is 2.09. The number of thiophene rings is 1. The van der Waals surface area contributed by atoms with Gasteiger partial charge in [-0.25, -0.2) is 0 Å². The van der Waals surface area contributed by atoms with Crippen LogP contribution in [0.4, 0.5) is 0 Å². The van der Waals surface area contributed by atoms with Gasteiger partial charge in [0.15, 0.2) is 5.78 Å². The molecule has 0 saturated heterocycles. The predicted molar refractivity (Wildman–Crippen MR) is 51.1 cm³/mol. The normalized spacial score (nSPS) is 15.5. The minimum Gasteiger partial charge on any atom is -0.376 e. The molecule has 1 aromatic heterocycles. The van der Waals surface area contributed by atoms with E-state index in [0.29, 0.717) is 6.61 Å². The molecule has 0 radical (unpaired) electrons. The first-order valence-electron chi connectivity index (χ1n) is 4.24. The van der Waals surface area contributed by atoms with Crippen molar-refractivity contribution in [2.75, 3.05) is 13.2 Å². The molecule has 2 N–H and O–H groups in total. The first-order chi connectivity index (χ1) is 6.31. The third-order valence-corrected chi connectivity index (χ3v) is 3.37. The van der Waals surface area contributed by atoms with E-state index in [9.17, 15) is 4.79 Å². The van der Waals surface area contributed by atoms with Gasteiger partial charge in [-0.15, -0.1) is 11.3 Å². The van der Waals surface area contributed by atoms with Gasteiger partial charge in [-0.2, -0.15) is 0 Å². The summed E-state index contributed by atoms with van der Waals surface area (Å²) in [5.41, 5.74) is 6.45. The van der Waals surface area contributed by atoms with Crippen molar-refractivity contribution < 1.29 is 9.53 Å². The Morgan fingerprint density at radius 3 is 3.23 bits per heavy atom. The topological polar surface area (TPSA) is 52.3 Å². The fourth-order valence-electron chi connectivity index (χ4n) is 1.39. The average Bonchev–Trinajstić information content (AvgIpc) is 2.59. The van der Waals surface area contributed by atoms with Gasteiger partial charge in [0.2, 0.25) is 0 Å². The van der Waals surface area contributed by atoms with E-state index in [0.717, 1.165) is 23.5 Å². The smallest absolute Gasteiger partial charge is 0.186 e. The van der Waals surface area contributed by atoms with Crippen LogP contribution in [0.2, 0.25) is 0 Å². The van der Waals surface area contributed by atoms with Crippen LogP contribution in [0.1, 0.15) is 20.1 Å². The van der Waals surface area contributed by atoms with Crippen LogP contribution in [0.3, 0.4) is 0 Å². The Kier molecular flexibility index (Phi) is 2.44. The van der Waals surface area contributed by atoms with Crippen molar-refractivity contribution in [2.45, 2.75) is 13.0 Å². The molecule has 2 heterocycles. The van der Waals surface area contributed by atoms with Crippen LogP contribution in [-0.2, 0) is 17.8 Å². The lowest BCUT2D eigenvalue weighted by Crippen LogP contribution is -2.11. The number of ketones is 1. The second-order valence-electron chi connectivity index (χ2n) is 2.99. The number of carbonyl (C=O) groups is 1. The van der Waals surface area contributed by atoms with Crippen molar-refractivity contribution in [1.29, 1.82) is 0 Å². The summed E-state index contributed by atoms with van der Waals surface area (Å²) >= 11 is 1.56. The molecule has 0 aromatic carbocycles. The number of fused-ring (bicyclic) bond motifs is 1. The van der Waals surface area contributed by atoms with E-state index in [1.165, 1.54) is 4.88 Å². The fourth-order valence-corrected chi connectivity index (χ4v) is 2.48. The molecule has 0 amide bonds. The summed E-state index contributed by atoms with van der Waals surface area (Å²) in [6.45, 7) is 1.51. The third kappa shape index (κ3) is 1.65. The van der Waals surface area contributed by atoms with E-state index in [2.05, 4.69) is 0 Å². The van der Waals surface area contributed by atoms with E-state index in [1.807, 2.05) is 6.07 Å². The Balaban J connectivity index is 2.30. The number of hydrogen-bond donors (Lipinski definition) is 1. The molecule has 4 heteroatoms. The zero-order valence-corrected chi connectivity index (χ0v) is 8.02. The number of nitrogens with two attached hydrogens (primary N) is 1. The highest BCUT2D eigenvalue weighted by Gasteiger charge is 2.16. The molecule has 0 fully saturated rings. The number of ether oxygens (including phenoxy) is 1. The molecular weight excluding hydrogens is 186 g/mol. The number of carbonyl (C=O) groups excluding carboxylic acids is 1. The molecule has 0 unspecified atom stereocenters. The average molecular weight is 197 g/mol. The minimum absolute atomic E-state index is 0.0272. The zero-order valence-electron chi connectivity index (χ0n) is 7.21. The summed E-state index contributed by atoms with van der Waals surface area (Å²) in [6.07, 6.45) is 0.928. The Hall–Kier alpha value is -0.710. The van der Waals surface area contributed by atoms with Gasteiger partial charge in [-0.1, -0.05) is 0 Å². The van der Waals surface area contributed by atoms with Crippen LogP contribution in [0.15, 0.2) is 6.07 Å². The Bertz CT molecular complexity index is 309. The van der Waals surface area contributed by atoms with Crippen LogP contribution >= 0.6 is 11.3 Å². The molecule has 1 aliphatic heterocycles. The van der Waals surface area contributed by atoms with Crippen LogP contribution in [0.25, 0.3) is 0 Å². The van der Waals surface area contributed by atoms with Gasteiger partial charge in [0.05, 0.1) is 24.6 Å². The second-order valence-corrected chi connectivity index (χ2v) is 4.13. The van der Waals surface area contributed by atoms with Crippen LogP contribution in [0, 0.1) is 0 Å². The van der Waals surface area contributed by atoms with Crippen molar-refractivity contribution in [3.8, 4) is 0 Å². The van der Waals surface area contributed by atoms with Crippen LogP contribution in [-0.4, -0.2) is 18.9 Å². The van der Waals surface area contributed by atoms with Gasteiger partial charge in [-0.3, -0.25) is 4.79 Å². The lowest BCUT2D eigenvalue weighted by molar-refractivity contribution is 0.100.